The first-order valence-electron chi connectivity index (χ1n) is 11.0. The minimum Gasteiger partial charge on any atom is -0.465 e. The predicted octanol–water partition coefficient (Wildman–Crippen LogP) is 4.18. The zero-order chi connectivity index (χ0) is 23.0. The fraction of sp³-hybridized carbons (Fsp3) is 0.455. The average Bonchev–Trinajstić information content (AvgIpc) is 3.07. The number of nitrogens with one attached hydrogen (secondary N) is 3. The lowest BCUT2D eigenvalue weighted by molar-refractivity contribution is 0.0656. The molecule has 0 spiro atoms. The van der Waals surface area contributed by atoms with Gasteiger partial charge in [0.05, 0.1) is 6.20 Å². The molecule has 0 radical (unpaired) electrons. The van der Waals surface area contributed by atoms with Crippen LogP contribution in [-0.2, 0) is 4.74 Å². The van der Waals surface area contributed by atoms with Gasteiger partial charge in [-0.3, -0.25) is 4.57 Å². The molecule has 1 aliphatic carbocycles. The van der Waals surface area contributed by atoms with Gasteiger partial charge in [0.15, 0.2) is 5.65 Å². The third-order valence-electron chi connectivity index (χ3n) is 6.33. The maximum Gasteiger partial charge on any atom is 0.404 e. The Morgan fingerprint density at radius 2 is 2.06 bits per heavy atom. The third-order valence-corrected chi connectivity index (χ3v) is 6.56. The molecule has 1 saturated heterocycles. The number of nitrogens with zero attached hydrogens (tertiary/aromatic N) is 4. The molecule has 3 aromatic rings. The molecule has 11 heteroatoms. The van der Waals surface area contributed by atoms with Gasteiger partial charge in [0.1, 0.15) is 5.52 Å². The lowest BCUT2D eigenvalue weighted by atomic mass is 9.86. The van der Waals surface area contributed by atoms with Crippen LogP contribution in [0.2, 0.25) is 5.02 Å². The van der Waals surface area contributed by atoms with E-state index < -0.39 is 6.09 Å². The van der Waals surface area contributed by atoms with E-state index in [2.05, 4.69) is 27.9 Å². The van der Waals surface area contributed by atoms with Crippen LogP contribution in [0.4, 0.5) is 22.4 Å². The van der Waals surface area contributed by atoms with Gasteiger partial charge in [-0.2, -0.15) is 4.98 Å². The first-order valence-corrected chi connectivity index (χ1v) is 11.4. The van der Waals surface area contributed by atoms with Gasteiger partial charge < -0.3 is 25.8 Å². The number of hydrogen-bond donors (Lipinski definition) is 4. The van der Waals surface area contributed by atoms with Crippen LogP contribution in [0.1, 0.15) is 38.6 Å². The van der Waals surface area contributed by atoms with E-state index in [1.807, 2.05) is 28.8 Å². The molecule has 1 saturated carbocycles. The van der Waals surface area contributed by atoms with Crippen LogP contribution in [-0.4, -0.2) is 55.5 Å². The number of anilines is 3. The maximum atomic E-state index is 11.0. The van der Waals surface area contributed by atoms with Gasteiger partial charge in [-0.25, -0.2) is 14.8 Å². The fourth-order valence-corrected chi connectivity index (χ4v) is 4.58. The summed E-state index contributed by atoms with van der Waals surface area (Å²) in [6.45, 7) is 3.56. The molecule has 1 amide bonds. The van der Waals surface area contributed by atoms with Crippen LogP contribution in [0.3, 0.4) is 0 Å². The third kappa shape index (κ3) is 4.67. The van der Waals surface area contributed by atoms with E-state index >= 15 is 0 Å². The number of benzene rings is 1. The highest BCUT2D eigenvalue weighted by atomic mass is 35.5. The number of rotatable bonds is 6. The highest BCUT2D eigenvalue weighted by Gasteiger charge is 2.35. The molecule has 4 N–H and O–H groups in total. The molecule has 5 rings (SSSR count). The van der Waals surface area contributed by atoms with Gasteiger partial charge in [-0.15, -0.1) is 0 Å². The number of carboxylic acid groups (broad SMARTS) is 1. The summed E-state index contributed by atoms with van der Waals surface area (Å²) >= 11 is 6.15. The standard InChI is InChI=1S/C22H26ClN7O3/c1-22(5-7-33-8-6-22)29-19-24-12-17-18(28-19)30(16-10-15(11-16)26-21(31)32)20(27-17)25-14-4-2-3-13(23)9-14/h2-4,9,12,15-16,26H,5-8,10-11H2,1H3,(H,25,27)(H,31,32)(H,24,28,29). The quantitative estimate of drug-likeness (QED) is 0.422. The van der Waals surface area contributed by atoms with Crippen LogP contribution in [0.5, 0.6) is 0 Å². The topological polar surface area (TPSA) is 126 Å². The van der Waals surface area contributed by atoms with Crippen molar-refractivity contribution in [2.24, 2.45) is 0 Å². The van der Waals surface area contributed by atoms with Crippen LogP contribution in [0.15, 0.2) is 30.5 Å². The van der Waals surface area contributed by atoms with Gasteiger partial charge in [0, 0.05) is 41.5 Å². The smallest absolute Gasteiger partial charge is 0.404 e. The molecule has 0 bridgehead atoms. The summed E-state index contributed by atoms with van der Waals surface area (Å²) in [6, 6.07) is 7.37. The number of carbonyl (C=O) groups is 1. The van der Waals surface area contributed by atoms with Gasteiger partial charge >= 0.3 is 6.09 Å². The summed E-state index contributed by atoms with van der Waals surface area (Å²) in [5.74, 6) is 1.16. The van der Waals surface area contributed by atoms with Gasteiger partial charge in [-0.05, 0) is 50.8 Å². The molecule has 10 nitrogen and oxygen atoms in total. The molecule has 0 unspecified atom stereocenters. The largest absolute Gasteiger partial charge is 0.465 e. The summed E-state index contributed by atoms with van der Waals surface area (Å²) in [7, 11) is 0. The van der Waals surface area contributed by atoms with Crippen molar-refractivity contribution in [3.05, 3.63) is 35.5 Å². The second-order valence-electron chi connectivity index (χ2n) is 8.91. The maximum absolute atomic E-state index is 11.0. The Balaban J connectivity index is 1.48. The summed E-state index contributed by atoms with van der Waals surface area (Å²) in [5.41, 5.74) is 2.04. The molecular weight excluding hydrogens is 446 g/mol. The second kappa shape index (κ2) is 8.68. The number of ether oxygens (including phenoxy) is 1. The van der Waals surface area contributed by atoms with Crippen molar-refractivity contribution in [1.29, 1.82) is 0 Å². The Kier molecular flexibility index (Phi) is 5.71. The fourth-order valence-electron chi connectivity index (χ4n) is 4.39. The lowest BCUT2D eigenvalue weighted by Crippen LogP contribution is -2.44. The molecule has 1 aromatic carbocycles. The summed E-state index contributed by atoms with van der Waals surface area (Å²) < 4.78 is 7.53. The first kappa shape index (κ1) is 21.7. The SMILES string of the molecule is CC1(Nc2ncc3nc(Nc4cccc(Cl)c4)n(C4CC(NC(=O)O)C4)c3n2)CCOCC1. The van der Waals surface area contributed by atoms with Crippen LogP contribution in [0, 0.1) is 0 Å². The monoisotopic (exact) mass is 471 g/mol. The van der Waals surface area contributed by atoms with Gasteiger partial charge in [-0.1, -0.05) is 17.7 Å². The van der Waals surface area contributed by atoms with Crippen molar-refractivity contribution >= 4 is 46.4 Å². The van der Waals surface area contributed by atoms with Crippen molar-refractivity contribution in [1.82, 2.24) is 24.8 Å². The van der Waals surface area contributed by atoms with Crippen molar-refractivity contribution in [3.63, 3.8) is 0 Å². The molecule has 0 atom stereocenters. The number of aromatic nitrogens is 4. The Morgan fingerprint density at radius 1 is 1.27 bits per heavy atom. The minimum atomic E-state index is -1.01. The molecule has 33 heavy (non-hydrogen) atoms. The Labute approximate surface area is 195 Å². The normalized spacial score (nSPS) is 21.9. The van der Waals surface area contributed by atoms with Gasteiger partial charge in [0.25, 0.3) is 0 Å². The van der Waals surface area contributed by atoms with E-state index in [1.165, 1.54) is 0 Å². The second-order valence-corrected chi connectivity index (χ2v) is 9.35. The summed E-state index contributed by atoms with van der Waals surface area (Å²) in [6.07, 6.45) is 3.78. The molecule has 2 aliphatic rings. The number of amides is 1. The lowest BCUT2D eigenvalue weighted by Gasteiger charge is -2.37. The Morgan fingerprint density at radius 3 is 2.79 bits per heavy atom. The molecule has 1 aliphatic heterocycles. The Hall–Kier alpha value is -3.11. The van der Waals surface area contributed by atoms with Crippen molar-refractivity contribution < 1.29 is 14.6 Å². The molecule has 2 aromatic heterocycles. The minimum absolute atomic E-state index is 0.0509. The Bertz CT molecular complexity index is 1170. The molecule has 174 valence electrons. The number of halogens is 1. The molecule has 3 heterocycles. The van der Waals surface area contributed by atoms with Gasteiger partial charge in [0.2, 0.25) is 11.9 Å². The summed E-state index contributed by atoms with van der Waals surface area (Å²) in [4.78, 5) is 25.1. The highest BCUT2D eigenvalue weighted by Crippen LogP contribution is 2.38. The van der Waals surface area contributed by atoms with E-state index in [9.17, 15) is 4.79 Å². The molecular formula is C22H26ClN7O3. The predicted molar refractivity (Wildman–Crippen MR) is 125 cm³/mol. The molecule has 2 fully saturated rings. The highest BCUT2D eigenvalue weighted by molar-refractivity contribution is 6.30. The zero-order valence-electron chi connectivity index (χ0n) is 18.2. The van der Waals surface area contributed by atoms with Crippen molar-refractivity contribution in [3.8, 4) is 0 Å². The average molecular weight is 472 g/mol. The summed E-state index contributed by atoms with van der Waals surface area (Å²) in [5, 5.41) is 19.0. The van der Waals surface area contributed by atoms with E-state index in [0.717, 1.165) is 18.5 Å². The number of imidazole rings is 1. The number of fused-ring (bicyclic) bond motifs is 1. The van der Waals surface area contributed by atoms with Crippen LogP contribution in [0.25, 0.3) is 11.2 Å². The van der Waals surface area contributed by atoms with E-state index in [4.69, 9.17) is 31.4 Å². The van der Waals surface area contributed by atoms with Crippen molar-refractivity contribution in [2.45, 2.75) is 50.2 Å². The van der Waals surface area contributed by atoms with E-state index in [0.29, 0.717) is 54.1 Å². The van der Waals surface area contributed by atoms with Crippen LogP contribution >= 0.6 is 11.6 Å². The zero-order valence-corrected chi connectivity index (χ0v) is 19.0. The van der Waals surface area contributed by atoms with E-state index in [-0.39, 0.29) is 17.6 Å². The van der Waals surface area contributed by atoms with Crippen LogP contribution < -0.4 is 16.0 Å². The van der Waals surface area contributed by atoms with Crippen molar-refractivity contribution in [2.75, 3.05) is 23.8 Å². The first-order chi connectivity index (χ1) is 15.9. The van der Waals surface area contributed by atoms with E-state index in [1.54, 1.807) is 6.20 Å². The number of hydrogen-bond acceptors (Lipinski definition) is 7.